The van der Waals surface area contributed by atoms with Crippen LogP contribution in [0.2, 0.25) is 0 Å². The third-order valence-corrected chi connectivity index (χ3v) is 2.45. The molecule has 1 heterocycles. The highest BCUT2D eigenvalue weighted by Gasteiger charge is 2.04. The lowest BCUT2D eigenvalue weighted by molar-refractivity contribution is 0.766. The van der Waals surface area contributed by atoms with Crippen molar-refractivity contribution in [3.63, 3.8) is 0 Å². The highest BCUT2D eigenvalue weighted by Crippen LogP contribution is 2.23. The summed E-state index contributed by atoms with van der Waals surface area (Å²) in [5, 5.41) is 12.8. The van der Waals surface area contributed by atoms with Gasteiger partial charge in [-0.05, 0) is 0 Å². The molecule has 0 saturated carbocycles. The highest BCUT2D eigenvalue weighted by molar-refractivity contribution is 7.99. The third-order valence-electron chi connectivity index (χ3n) is 1.40. The monoisotopic (exact) mass is 181 g/mol. The van der Waals surface area contributed by atoms with Crippen LogP contribution in [-0.4, -0.2) is 15.0 Å². The molecule has 0 amide bonds. The molecule has 1 aromatic heterocycles. The van der Waals surface area contributed by atoms with Gasteiger partial charge >= 0.3 is 0 Å². The maximum atomic E-state index is 8.44. The van der Waals surface area contributed by atoms with Crippen LogP contribution in [0.4, 0.5) is 0 Å². The first-order valence-corrected chi connectivity index (χ1v) is 4.62. The summed E-state index contributed by atoms with van der Waals surface area (Å²) < 4.78 is 1.77. The molecular formula is C8H11N3S. The maximum Gasteiger partial charge on any atom is 0.0633 e. The number of rotatable bonds is 3. The molecule has 0 aliphatic rings. The average molecular weight is 181 g/mol. The molecule has 4 heteroatoms. The van der Waals surface area contributed by atoms with Crippen molar-refractivity contribution in [3.05, 3.63) is 12.4 Å². The molecule has 1 atom stereocenters. The second kappa shape index (κ2) is 4.17. The molecule has 1 aromatic rings. The van der Waals surface area contributed by atoms with Crippen molar-refractivity contribution in [1.29, 1.82) is 5.26 Å². The minimum Gasteiger partial charge on any atom is -0.275 e. The van der Waals surface area contributed by atoms with Gasteiger partial charge in [0.25, 0.3) is 0 Å². The lowest BCUT2D eigenvalue weighted by Gasteiger charge is -2.02. The van der Waals surface area contributed by atoms with Gasteiger partial charge in [0.15, 0.2) is 0 Å². The molecule has 0 aliphatic heterocycles. The van der Waals surface area contributed by atoms with E-state index in [1.807, 2.05) is 26.4 Å². The van der Waals surface area contributed by atoms with Crippen molar-refractivity contribution in [2.24, 2.45) is 7.05 Å². The van der Waals surface area contributed by atoms with E-state index in [0.29, 0.717) is 11.7 Å². The molecule has 1 unspecified atom stereocenters. The van der Waals surface area contributed by atoms with E-state index in [1.54, 1.807) is 16.4 Å². The van der Waals surface area contributed by atoms with Gasteiger partial charge in [0.2, 0.25) is 0 Å². The molecule has 64 valence electrons. The first-order valence-electron chi connectivity index (χ1n) is 3.74. The molecule has 0 spiro atoms. The van der Waals surface area contributed by atoms with Crippen molar-refractivity contribution in [3.8, 4) is 6.07 Å². The Hall–Kier alpha value is -0.950. The van der Waals surface area contributed by atoms with Crippen LogP contribution in [0.5, 0.6) is 0 Å². The van der Waals surface area contributed by atoms with Crippen LogP contribution < -0.4 is 0 Å². The quantitative estimate of drug-likeness (QED) is 0.668. The van der Waals surface area contributed by atoms with Gasteiger partial charge in [0.05, 0.1) is 12.3 Å². The van der Waals surface area contributed by atoms with E-state index in [4.69, 9.17) is 5.26 Å². The predicted octanol–water partition coefficient (Wildman–Crippen LogP) is 1.81. The molecule has 3 nitrogen and oxygen atoms in total. The van der Waals surface area contributed by atoms with Crippen LogP contribution >= 0.6 is 11.8 Å². The Balaban J connectivity index is 2.47. The van der Waals surface area contributed by atoms with Crippen LogP contribution in [0.3, 0.4) is 0 Å². The SMILES string of the molecule is CC(CC#N)Sc1cnn(C)c1. The van der Waals surface area contributed by atoms with E-state index in [9.17, 15) is 0 Å². The molecule has 0 bridgehead atoms. The number of nitriles is 1. The Morgan fingerprint density at radius 3 is 3.08 bits per heavy atom. The standard InChI is InChI=1S/C8H11N3S/c1-7(3-4-9)12-8-5-10-11(2)6-8/h5-7H,3H2,1-2H3. The first kappa shape index (κ1) is 9.14. The zero-order chi connectivity index (χ0) is 8.97. The second-order valence-electron chi connectivity index (χ2n) is 2.64. The smallest absolute Gasteiger partial charge is 0.0633 e. The number of thioether (sulfide) groups is 1. The van der Waals surface area contributed by atoms with E-state index in [0.717, 1.165) is 4.90 Å². The van der Waals surface area contributed by atoms with Crippen LogP contribution in [-0.2, 0) is 7.05 Å². The number of aromatic nitrogens is 2. The molecular weight excluding hydrogens is 170 g/mol. The average Bonchev–Trinajstić information content (AvgIpc) is 2.36. The minimum absolute atomic E-state index is 0.346. The zero-order valence-corrected chi connectivity index (χ0v) is 8.01. The normalized spacial score (nSPS) is 12.4. The zero-order valence-electron chi connectivity index (χ0n) is 7.19. The molecule has 0 saturated heterocycles. The maximum absolute atomic E-state index is 8.44. The Bertz CT molecular complexity index is 287. The molecule has 1 rings (SSSR count). The van der Waals surface area contributed by atoms with Gasteiger partial charge in [-0.2, -0.15) is 10.4 Å². The Labute approximate surface area is 76.4 Å². The highest BCUT2D eigenvalue weighted by atomic mass is 32.2. The number of hydrogen-bond acceptors (Lipinski definition) is 3. The summed E-state index contributed by atoms with van der Waals surface area (Å²) in [5.41, 5.74) is 0. The van der Waals surface area contributed by atoms with Crippen molar-refractivity contribution in [1.82, 2.24) is 9.78 Å². The van der Waals surface area contributed by atoms with Crippen LogP contribution in [0.1, 0.15) is 13.3 Å². The Morgan fingerprint density at radius 1 is 1.83 bits per heavy atom. The fraction of sp³-hybridized carbons (Fsp3) is 0.500. The summed E-state index contributed by atoms with van der Waals surface area (Å²) in [6.45, 7) is 2.04. The summed E-state index contributed by atoms with van der Waals surface area (Å²) in [5.74, 6) is 0. The predicted molar refractivity (Wildman–Crippen MR) is 48.8 cm³/mol. The van der Waals surface area contributed by atoms with E-state index >= 15 is 0 Å². The summed E-state index contributed by atoms with van der Waals surface area (Å²) in [4.78, 5) is 1.13. The third kappa shape index (κ3) is 2.59. The van der Waals surface area contributed by atoms with E-state index in [2.05, 4.69) is 11.2 Å². The summed E-state index contributed by atoms with van der Waals surface area (Å²) >= 11 is 1.68. The number of aryl methyl sites for hydroxylation is 1. The number of nitrogens with zero attached hydrogens (tertiary/aromatic N) is 3. The van der Waals surface area contributed by atoms with Crippen molar-refractivity contribution >= 4 is 11.8 Å². The largest absolute Gasteiger partial charge is 0.275 e. The summed E-state index contributed by atoms with van der Waals surface area (Å²) in [6.07, 6.45) is 4.36. The van der Waals surface area contributed by atoms with Gasteiger partial charge in [-0.3, -0.25) is 4.68 Å². The Morgan fingerprint density at radius 2 is 2.58 bits per heavy atom. The van der Waals surface area contributed by atoms with Gasteiger partial charge in [-0.15, -0.1) is 11.8 Å². The van der Waals surface area contributed by atoms with Gasteiger partial charge in [-0.25, -0.2) is 0 Å². The fourth-order valence-corrected chi connectivity index (χ4v) is 1.81. The minimum atomic E-state index is 0.346. The van der Waals surface area contributed by atoms with Crippen molar-refractivity contribution in [2.75, 3.05) is 0 Å². The summed E-state index contributed by atoms with van der Waals surface area (Å²) in [6, 6.07) is 2.15. The molecule has 0 aliphatic carbocycles. The van der Waals surface area contributed by atoms with Crippen LogP contribution in [0, 0.1) is 11.3 Å². The lowest BCUT2D eigenvalue weighted by atomic mass is 10.4. The molecule has 0 aromatic carbocycles. The van der Waals surface area contributed by atoms with E-state index in [1.165, 1.54) is 0 Å². The van der Waals surface area contributed by atoms with Gasteiger partial charge in [0, 0.05) is 29.8 Å². The van der Waals surface area contributed by atoms with Crippen molar-refractivity contribution < 1.29 is 0 Å². The van der Waals surface area contributed by atoms with Gasteiger partial charge < -0.3 is 0 Å². The number of hydrogen-bond donors (Lipinski definition) is 0. The topological polar surface area (TPSA) is 41.6 Å². The fourth-order valence-electron chi connectivity index (χ4n) is 0.862. The second-order valence-corrected chi connectivity index (χ2v) is 4.15. The molecule has 0 radical (unpaired) electrons. The van der Waals surface area contributed by atoms with Gasteiger partial charge in [0.1, 0.15) is 0 Å². The van der Waals surface area contributed by atoms with E-state index in [-0.39, 0.29) is 0 Å². The summed E-state index contributed by atoms with van der Waals surface area (Å²) in [7, 11) is 1.89. The van der Waals surface area contributed by atoms with Crippen LogP contribution in [0.25, 0.3) is 0 Å². The van der Waals surface area contributed by atoms with Crippen LogP contribution in [0.15, 0.2) is 17.3 Å². The van der Waals surface area contributed by atoms with Gasteiger partial charge in [-0.1, -0.05) is 6.92 Å². The molecule has 12 heavy (non-hydrogen) atoms. The molecule has 0 N–H and O–H groups in total. The lowest BCUT2D eigenvalue weighted by Crippen LogP contribution is -1.92. The van der Waals surface area contributed by atoms with Crippen molar-refractivity contribution in [2.45, 2.75) is 23.5 Å². The Kier molecular flexibility index (Phi) is 3.18. The first-order chi connectivity index (χ1) is 5.72. The molecule has 0 fully saturated rings. The van der Waals surface area contributed by atoms with E-state index < -0.39 is 0 Å².